The largest absolute Gasteiger partial charge is 0.371 e. The van der Waals surface area contributed by atoms with E-state index < -0.39 is 0 Å². The molecule has 1 aliphatic rings. The van der Waals surface area contributed by atoms with Gasteiger partial charge in [0.25, 0.3) is 0 Å². The van der Waals surface area contributed by atoms with Gasteiger partial charge in [0.05, 0.1) is 0 Å². The van der Waals surface area contributed by atoms with Crippen molar-refractivity contribution >= 4 is 35.6 Å². The number of guanidine groups is 1. The summed E-state index contributed by atoms with van der Waals surface area (Å²) in [7, 11) is 0. The molecule has 0 unspecified atom stereocenters. The van der Waals surface area contributed by atoms with E-state index in [9.17, 15) is 4.39 Å². The molecular weight excluding hydrogens is 462 g/mol. The molecule has 0 saturated carbocycles. The average Bonchev–Trinajstić information content (AvgIpc) is 3.06. The molecule has 1 aromatic heterocycles. The maximum absolute atomic E-state index is 13.4. The molecule has 0 aliphatic carbocycles. The molecule has 1 saturated heterocycles. The van der Waals surface area contributed by atoms with Crippen LogP contribution in [-0.2, 0) is 6.54 Å². The second-order valence-electron chi connectivity index (χ2n) is 6.31. The zero-order valence-electron chi connectivity index (χ0n) is 15.6. The maximum Gasteiger partial charge on any atom is 0.223 e. The van der Waals surface area contributed by atoms with E-state index in [4.69, 9.17) is 4.52 Å². The van der Waals surface area contributed by atoms with Gasteiger partial charge in [-0.25, -0.2) is 9.38 Å². The van der Waals surface area contributed by atoms with E-state index in [1.807, 2.05) is 13.0 Å². The Morgan fingerprint density at radius 2 is 2.15 bits per heavy atom. The van der Waals surface area contributed by atoms with Crippen molar-refractivity contribution in [2.45, 2.75) is 39.3 Å². The lowest BCUT2D eigenvalue weighted by molar-refractivity contribution is 0.387. The van der Waals surface area contributed by atoms with Gasteiger partial charge in [-0.3, -0.25) is 0 Å². The van der Waals surface area contributed by atoms with E-state index in [2.05, 4.69) is 30.7 Å². The number of anilines is 1. The van der Waals surface area contributed by atoms with E-state index in [0.29, 0.717) is 24.3 Å². The highest BCUT2D eigenvalue weighted by Gasteiger charge is 2.20. The molecule has 0 radical (unpaired) electrons. The molecule has 3 rings (SSSR count). The highest BCUT2D eigenvalue weighted by molar-refractivity contribution is 14.0. The molecular formula is C18H26FIN6O. The van der Waals surface area contributed by atoms with E-state index in [-0.39, 0.29) is 29.8 Å². The number of benzene rings is 1. The van der Waals surface area contributed by atoms with Gasteiger partial charge in [-0.2, -0.15) is 4.98 Å². The van der Waals surface area contributed by atoms with Crippen LogP contribution < -0.4 is 15.5 Å². The van der Waals surface area contributed by atoms with Gasteiger partial charge in [-0.05, 0) is 38.0 Å². The number of rotatable bonds is 5. The fourth-order valence-corrected chi connectivity index (χ4v) is 3.02. The SMILES string of the molecule is CCNC(=NCc1noc(C)n1)NC1CCN(c2cccc(F)c2)CC1.I. The van der Waals surface area contributed by atoms with Gasteiger partial charge in [-0.15, -0.1) is 24.0 Å². The Balaban J connectivity index is 0.00000261. The molecule has 1 aliphatic heterocycles. The van der Waals surface area contributed by atoms with Gasteiger partial charge in [-0.1, -0.05) is 11.2 Å². The van der Waals surface area contributed by atoms with Crippen molar-refractivity contribution in [1.82, 2.24) is 20.8 Å². The summed E-state index contributed by atoms with van der Waals surface area (Å²) in [5.41, 5.74) is 0.941. The minimum absolute atomic E-state index is 0. The maximum atomic E-state index is 13.4. The van der Waals surface area contributed by atoms with Gasteiger partial charge in [0.15, 0.2) is 11.8 Å². The third kappa shape index (κ3) is 6.33. The summed E-state index contributed by atoms with van der Waals surface area (Å²) in [5.74, 6) is 1.67. The Morgan fingerprint density at radius 3 is 2.78 bits per heavy atom. The van der Waals surface area contributed by atoms with Gasteiger partial charge < -0.3 is 20.1 Å². The first-order valence-electron chi connectivity index (χ1n) is 8.98. The molecule has 0 spiro atoms. The Labute approximate surface area is 175 Å². The lowest BCUT2D eigenvalue weighted by Crippen LogP contribution is -2.48. The number of aryl methyl sites for hydroxylation is 1. The summed E-state index contributed by atoms with van der Waals surface area (Å²) in [5, 5.41) is 10.6. The van der Waals surface area contributed by atoms with Crippen molar-refractivity contribution < 1.29 is 8.91 Å². The molecule has 2 heterocycles. The normalized spacial score (nSPS) is 15.4. The van der Waals surface area contributed by atoms with Crippen LogP contribution in [0.5, 0.6) is 0 Å². The Hall–Kier alpha value is -1.91. The minimum atomic E-state index is -0.194. The molecule has 7 nitrogen and oxygen atoms in total. The quantitative estimate of drug-likeness (QED) is 0.383. The highest BCUT2D eigenvalue weighted by Crippen LogP contribution is 2.20. The molecule has 148 valence electrons. The second kappa shape index (κ2) is 10.4. The number of aromatic nitrogens is 2. The van der Waals surface area contributed by atoms with Crippen molar-refractivity contribution in [2.24, 2.45) is 4.99 Å². The van der Waals surface area contributed by atoms with Crippen LogP contribution >= 0.6 is 24.0 Å². The molecule has 0 amide bonds. The highest BCUT2D eigenvalue weighted by atomic mass is 127. The topological polar surface area (TPSA) is 78.6 Å². The number of piperidine rings is 1. The van der Waals surface area contributed by atoms with Crippen LogP contribution in [0.1, 0.15) is 31.5 Å². The summed E-state index contributed by atoms with van der Waals surface area (Å²) in [6.45, 7) is 6.70. The summed E-state index contributed by atoms with van der Waals surface area (Å²) >= 11 is 0. The van der Waals surface area contributed by atoms with Crippen LogP contribution in [0.2, 0.25) is 0 Å². The zero-order chi connectivity index (χ0) is 18.4. The summed E-state index contributed by atoms with van der Waals surface area (Å²) in [6, 6.07) is 7.10. The first-order valence-corrected chi connectivity index (χ1v) is 8.98. The predicted molar refractivity (Wildman–Crippen MR) is 114 cm³/mol. The van der Waals surface area contributed by atoms with Crippen LogP contribution in [0.15, 0.2) is 33.8 Å². The molecule has 1 fully saturated rings. The van der Waals surface area contributed by atoms with Crippen LogP contribution in [-0.4, -0.2) is 41.8 Å². The number of aliphatic imine (C=N–C) groups is 1. The first-order chi connectivity index (χ1) is 12.6. The molecule has 0 bridgehead atoms. The molecule has 2 aromatic rings. The predicted octanol–water partition coefficient (Wildman–Crippen LogP) is 2.86. The zero-order valence-corrected chi connectivity index (χ0v) is 17.9. The van der Waals surface area contributed by atoms with Crippen LogP contribution in [0, 0.1) is 12.7 Å². The molecule has 0 atom stereocenters. The summed E-state index contributed by atoms with van der Waals surface area (Å²) in [6.07, 6.45) is 1.92. The third-order valence-electron chi connectivity index (χ3n) is 4.30. The Morgan fingerprint density at radius 1 is 1.37 bits per heavy atom. The van der Waals surface area contributed by atoms with Crippen molar-refractivity contribution in [3.63, 3.8) is 0 Å². The average molecular weight is 488 g/mol. The smallest absolute Gasteiger partial charge is 0.223 e. The standard InChI is InChI=1S/C18H25FN6O.HI/c1-3-20-18(21-12-17-22-13(2)26-24-17)23-15-7-9-25(10-8-15)16-6-4-5-14(19)11-16;/h4-6,11,15H,3,7-10,12H2,1-2H3,(H2,20,21,23);1H. The number of halogens is 2. The van der Waals surface area contributed by atoms with Gasteiger partial charge >= 0.3 is 0 Å². The molecule has 9 heteroatoms. The van der Waals surface area contributed by atoms with E-state index >= 15 is 0 Å². The van der Waals surface area contributed by atoms with Gasteiger partial charge in [0.2, 0.25) is 5.89 Å². The van der Waals surface area contributed by atoms with Crippen molar-refractivity contribution in [3.8, 4) is 0 Å². The third-order valence-corrected chi connectivity index (χ3v) is 4.30. The number of nitrogens with zero attached hydrogens (tertiary/aromatic N) is 4. The van der Waals surface area contributed by atoms with Gasteiger partial charge in [0.1, 0.15) is 12.4 Å². The number of hydrogen-bond acceptors (Lipinski definition) is 5. The molecule has 2 N–H and O–H groups in total. The minimum Gasteiger partial charge on any atom is -0.371 e. The second-order valence-corrected chi connectivity index (χ2v) is 6.31. The molecule has 1 aromatic carbocycles. The monoisotopic (exact) mass is 488 g/mol. The van der Waals surface area contributed by atoms with E-state index in [1.54, 1.807) is 19.1 Å². The summed E-state index contributed by atoms with van der Waals surface area (Å²) in [4.78, 5) is 10.9. The number of hydrogen-bond donors (Lipinski definition) is 2. The fourth-order valence-electron chi connectivity index (χ4n) is 3.02. The fraction of sp³-hybridized carbons (Fsp3) is 0.500. The van der Waals surface area contributed by atoms with E-state index in [0.717, 1.165) is 44.1 Å². The lowest BCUT2D eigenvalue weighted by Gasteiger charge is -2.34. The van der Waals surface area contributed by atoms with Crippen molar-refractivity contribution in [3.05, 3.63) is 41.8 Å². The first kappa shape index (κ1) is 21.4. The van der Waals surface area contributed by atoms with Crippen molar-refractivity contribution in [1.29, 1.82) is 0 Å². The van der Waals surface area contributed by atoms with Crippen molar-refractivity contribution in [2.75, 3.05) is 24.5 Å². The number of nitrogens with one attached hydrogen (secondary N) is 2. The Kier molecular flexibility index (Phi) is 8.26. The molecule has 27 heavy (non-hydrogen) atoms. The van der Waals surface area contributed by atoms with Crippen LogP contribution in [0.3, 0.4) is 0 Å². The van der Waals surface area contributed by atoms with Crippen LogP contribution in [0.4, 0.5) is 10.1 Å². The van der Waals surface area contributed by atoms with E-state index in [1.165, 1.54) is 6.07 Å². The van der Waals surface area contributed by atoms with Gasteiger partial charge in [0, 0.05) is 38.3 Å². The lowest BCUT2D eigenvalue weighted by atomic mass is 10.0. The Bertz CT molecular complexity index is 745. The van der Waals surface area contributed by atoms with Crippen LogP contribution in [0.25, 0.3) is 0 Å². The summed E-state index contributed by atoms with van der Waals surface area (Å²) < 4.78 is 18.4.